The van der Waals surface area contributed by atoms with E-state index in [4.69, 9.17) is 13.9 Å². The van der Waals surface area contributed by atoms with Crippen molar-refractivity contribution in [2.45, 2.75) is 13.0 Å². The quantitative estimate of drug-likeness (QED) is 0.306. The van der Waals surface area contributed by atoms with Gasteiger partial charge >= 0.3 is 11.7 Å². The summed E-state index contributed by atoms with van der Waals surface area (Å²) in [5, 5.41) is 13.4. The Hall–Kier alpha value is -4.15. The number of rotatable bonds is 9. The molecule has 11 heteroatoms. The van der Waals surface area contributed by atoms with Gasteiger partial charge in [0.1, 0.15) is 12.3 Å². The van der Waals surface area contributed by atoms with Gasteiger partial charge in [-0.1, -0.05) is 12.1 Å². The second-order valence-corrected chi connectivity index (χ2v) is 6.47. The van der Waals surface area contributed by atoms with Gasteiger partial charge in [0.2, 0.25) is 0 Å². The van der Waals surface area contributed by atoms with Crippen molar-refractivity contribution in [1.82, 2.24) is 9.88 Å². The number of nitro groups is 1. The van der Waals surface area contributed by atoms with Gasteiger partial charge in [-0.3, -0.25) is 24.3 Å². The number of amides is 1. The highest BCUT2D eigenvalue weighted by molar-refractivity contribution is 5.81. The number of aromatic nitrogens is 1. The molecule has 0 saturated carbocycles. The Morgan fingerprint density at radius 1 is 1.19 bits per heavy atom. The summed E-state index contributed by atoms with van der Waals surface area (Å²) in [4.78, 5) is 46.0. The number of nitrogens with one attached hydrogen (secondary N) is 1. The fourth-order valence-corrected chi connectivity index (χ4v) is 2.83. The number of non-ortho nitro benzene ring substituents is 1. The molecule has 0 aliphatic rings. The molecule has 0 fully saturated rings. The van der Waals surface area contributed by atoms with Crippen molar-refractivity contribution in [3.05, 3.63) is 68.7 Å². The van der Waals surface area contributed by atoms with Crippen LogP contribution in [0.25, 0.3) is 11.1 Å². The number of carbonyl (C=O) groups is 2. The van der Waals surface area contributed by atoms with E-state index >= 15 is 0 Å². The number of nitro benzene ring substituents is 1. The van der Waals surface area contributed by atoms with Crippen LogP contribution in [-0.4, -0.2) is 41.6 Å². The first kappa shape index (κ1) is 21.6. The molecule has 1 aromatic heterocycles. The van der Waals surface area contributed by atoms with Crippen molar-refractivity contribution >= 4 is 28.7 Å². The highest BCUT2D eigenvalue weighted by atomic mass is 16.6. The molecule has 0 bridgehead atoms. The highest BCUT2D eigenvalue weighted by Crippen LogP contribution is 2.20. The third-order valence-corrected chi connectivity index (χ3v) is 4.41. The summed E-state index contributed by atoms with van der Waals surface area (Å²) in [5.41, 5.74) is 0.937. The molecule has 0 unspecified atom stereocenters. The van der Waals surface area contributed by atoms with E-state index in [0.717, 1.165) is 21.9 Å². The second kappa shape index (κ2) is 9.57. The Morgan fingerprint density at radius 2 is 1.94 bits per heavy atom. The summed E-state index contributed by atoms with van der Waals surface area (Å²) in [7, 11) is 1.58. The van der Waals surface area contributed by atoms with E-state index in [-0.39, 0.29) is 16.8 Å². The minimum absolute atomic E-state index is 0.0247. The van der Waals surface area contributed by atoms with Crippen LogP contribution < -0.4 is 15.8 Å². The highest BCUT2D eigenvalue weighted by Gasteiger charge is 2.17. The molecule has 0 saturated heterocycles. The molecule has 11 nitrogen and oxygen atoms in total. The number of fused-ring (bicyclic) bond motifs is 1. The van der Waals surface area contributed by atoms with E-state index in [1.807, 2.05) is 24.3 Å². The largest absolute Gasteiger partial charge is 0.497 e. The van der Waals surface area contributed by atoms with Gasteiger partial charge in [0.25, 0.3) is 11.6 Å². The average molecular weight is 429 g/mol. The van der Waals surface area contributed by atoms with Gasteiger partial charge in [-0.15, -0.1) is 0 Å². The van der Waals surface area contributed by atoms with Gasteiger partial charge in [0.05, 0.1) is 23.6 Å². The summed E-state index contributed by atoms with van der Waals surface area (Å²) >= 11 is 0. The zero-order valence-corrected chi connectivity index (χ0v) is 16.5. The van der Waals surface area contributed by atoms with Gasteiger partial charge in [-0.05, 0) is 30.2 Å². The molecule has 0 spiro atoms. The summed E-state index contributed by atoms with van der Waals surface area (Å²) in [6.45, 7) is -0.645. The summed E-state index contributed by atoms with van der Waals surface area (Å²) in [6, 6.07) is 11.0. The van der Waals surface area contributed by atoms with Crippen LogP contribution in [0.4, 0.5) is 5.69 Å². The normalized spacial score (nSPS) is 10.6. The maximum Gasteiger partial charge on any atom is 0.420 e. The van der Waals surface area contributed by atoms with Crippen LogP contribution in [0.1, 0.15) is 5.56 Å². The third-order valence-electron chi connectivity index (χ3n) is 4.41. The Labute approximate surface area is 175 Å². The number of nitrogens with zero attached hydrogens (tertiary/aromatic N) is 2. The molecule has 162 valence electrons. The smallest absolute Gasteiger partial charge is 0.420 e. The fourth-order valence-electron chi connectivity index (χ4n) is 2.83. The van der Waals surface area contributed by atoms with Crippen LogP contribution in [0, 0.1) is 10.1 Å². The van der Waals surface area contributed by atoms with Crippen LogP contribution in [0.3, 0.4) is 0 Å². The van der Waals surface area contributed by atoms with Crippen LogP contribution in [-0.2, 0) is 27.3 Å². The first-order chi connectivity index (χ1) is 14.9. The van der Waals surface area contributed by atoms with E-state index in [9.17, 15) is 24.5 Å². The summed E-state index contributed by atoms with van der Waals surface area (Å²) in [5.74, 6) is -1.44. The predicted molar refractivity (Wildman–Crippen MR) is 108 cm³/mol. The van der Waals surface area contributed by atoms with Crippen LogP contribution in [0.5, 0.6) is 5.75 Å². The zero-order chi connectivity index (χ0) is 22.4. The first-order valence-corrected chi connectivity index (χ1v) is 9.20. The maximum atomic E-state index is 12.0. The van der Waals surface area contributed by atoms with Crippen molar-refractivity contribution in [3.63, 3.8) is 0 Å². The monoisotopic (exact) mass is 429 g/mol. The molecule has 0 atom stereocenters. The SMILES string of the molecule is COc1ccc(CCNC(=O)COC(=O)Cn2c(=O)oc3cc([N+](=O)[O-])ccc32)cc1. The Morgan fingerprint density at radius 3 is 2.61 bits per heavy atom. The van der Waals surface area contributed by atoms with Gasteiger partial charge < -0.3 is 19.2 Å². The first-order valence-electron chi connectivity index (χ1n) is 9.20. The minimum atomic E-state index is -0.864. The summed E-state index contributed by atoms with van der Waals surface area (Å²) in [6.07, 6.45) is 0.590. The number of esters is 1. The molecule has 1 heterocycles. The molecule has 0 radical (unpaired) electrons. The number of ether oxygens (including phenoxy) is 2. The fraction of sp³-hybridized carbons (Fsp3) is 0.250. The number of oxazole rings is 1. The van der Waals surface area contributed by atoms with Crippen molar-refractivity contribution in [2.75, 3.05) is 20.3 Å². The summed E-state index contributed by atoms with van der Waals surface area (Å²) < 4.78 is 15.9. The predicted octanol–water partition coefficient (Wildman–Crippen LogP) is 1.41. The molecule has 0 aliphatic carbocycles. The van der Waals surface area contributed by atoms with Gasteiger partial charge in [-0.2, -0.15) is 0 Å². The minimum Gasteiger partial charge on any atom is -0.497 e. The van der Waals surface area contributed by atoms with Crippen LogP contribution >= 0.6 is 0 Å². The number of methoxy groups -OCH3 is 1. The standard InChI is InChI=1S/C20H19N3O8/c1-29-15-5-2-13(3-6-15)8-9-21-18(24)12-30-19(25)11-22-16-7-4-14(23(27)28)10-17(16)31-20(22)26/h2-7,10H,8-9,11-12H2,1H3,(H,21,24). The number of hydrogen-bond acceptors (Lipinski definition) is 8. The second-order valence-electron chi connectivity index (χ2n) is 6.47. The van der Waals surface area contributed by atoms with E-state index in [0.29, 0.717) is 13.0 Å². The zero-order valence-electron chi connectivity index (χ0n) is 16.5. The molecule has 3 rings (SSSR count). The lowest BCUT2D eigenvalue weighted by Gasteiger charge is -2.07. The van der Waals surface area contributed by atoms with Gasteiger partial charge in [0.15, 0.2) is 12.2 Å². The number of benzene rings is 2. The van der Waals surface area contributed by atoms with Crippen LogP contribution in [0.15, 0.2) is 51.7 Å². The topological polar surface area (TPSA) is 143 Å². The average Bonchev–Trinajstić information content (AvgIpc) is 3.07. The number of hydrogen-bond donors (Lipinski definition) is 1. The lowest BCUT2D eigenvalue weighted by atomic mass is 10.1. The third kappa shape index (κ3) is 5.47. The van der Waals surface area contributed by atoms with E-state index in [1.54, 1.807) is 7.11 Å². The van der Waals surface area contributed by atoms with Crippen molar-refractivity contribution in [2.24, 2.45) is 0 Å². The molecule has 0 aliphatic heterocycles. The van der Waals surface area contributed by atoms with Gasteiger partial charge in [-0.25, -0.2) is 4.79 Å². The lowest BCUT2D eigenvalue weighted by Crippen LogP contribution is -2.31. The van der Waals surface area contributed by atoms with Gasteiger partial charge in [0, 0.05) is 12.6 Å². The molecular weight excluding hydrogens is 410 g/mol. The molecule has 1 N–H and O–H groups in total. The maximum absolute atomic E-state index is 12.0. The molecule has 1 amide bonds. The molecule has 2 aromatic carbocycles. The Bertz CT molecular complexity index is 1160. The van der Waals surface area contributed by atoms with E-state index < -0.39 is 35.7 Å². The van der Waals surface area contributed by atoms with Crippen LogP contribution in [0.2, 0.25) is 0 Å². The van der Waals surface area contributed by atoms with E-state index in [2.05, 4.69) is 5.32 Å². The molecule has 3 aromatic rings. The molecule has 31 heavy (non-hydrogen) atoms. The van der Waals surface area contributed by atoms with Crippen molar-refractivity contribution < 1.29 is 28.4 Å². The van der Waals surface area contributed by atoms with E-state index in [1.165, 1.54) is 12.1 Å². The lowest BCUT2D eigenvalue weighted by molar-refractivity contribution is -0.384. The Balaban J connectivity index is 1.48. The number of carbonyl (C=O) groups excluding carboxylic acids is 2. The Kier molecular flexibility index (Phi) is 6.65. The van der Waals surface area contributed by atoms with Crippen molar-refractivity contribution in [3.8, 4) is 5.75 Å². The molecular formula is C20H19N3O8. The van der Waals surface area contributed by atoms with Crippen molar-refractivity contribution in [1.29, 1.82) is 0 Å².